The van der Waals surface area contributed by atoms with Crippen LogP contribution in [0.5, 0.6) is 0 Å². The van der Waals surface area contributed by atoms with Gasteiger partial charge in [-0.2, -0.15) is 0 Å². The molecule has 3 nitrogen and oxygen atoms in total. The van der Waals surface area contributed by atoms with Crippen molar-refractivity contribution < 1.29 is 4.79 Å². The first-order chi connectivity index (χ1) is 14.0. The van der Waals surface area contributed by atoms with Crippen LogP contribution in [0.3, 0.4) is 0 Å². The van der Waals surface area contributed by atoms with E-state index in [4.69, 9.17) is 4.99 Å². The Morgan fingerprint density at radius 2 is 1.59 bits per heavy atom. The zero-order valence-electron chi connectivity index (χ0n) is 16.1. The zero-order valence-corrected chi connectivity index (χ0v) is 18.5. The third-order valence-electron chi connectivity index (χ3n) is 4.50. The minimum atomic E-state index is -0.0651. The Morgan fingerprint density at radius 1 is 0.931 bits per heavy atom. The maximum atomic E-state index is 13.3. The number of hydrogen-bond acceptors (Lipinski definition) is 3. The number of carbonyl (C=O) groups excluding carboxylic acids is 1. The molecule has 0 aromatic heterocycles. The first kappa shape index (κ1) is 19.7. The number of hydrogen-bond donors (Lipinski definition) is 0. The fourth-order valence-corrected chi connectivity index (χ4v) is 4.37. The van der Waals surface area contributed by atoms with Gasteiger partial charge in [0.15, 0.2) is 5.17 Å². The summed E-state index contributed by atoms with van der Waals surface area (Å²) in [7, 11) is 0. The van der Waals surface area contributed by atoms with Gasteiger partial charge in [-0.15, -0.1) is 0 Å². The number of amidine groups is 1. The van der Waals surface area contributed by atoms with E-state index in [1.807, 2.05) is 92.7 Å². The molecule has 1 fully saturated rings. The number of carbonyl (C=O) groups is 1. The molecular weight excluding hydrogens is 444 g/mol. The largest absolute Gasteiger partial charge is 0.271 e. The molecular formula is C24H19BrN2OS. The van der Waals surface area contributed by atoms with Gasteiger partial charge in [-0.3, -0.25) is 9.69 Å². The molecule has 1 aliphatic heterocycles. The second-order valence-corrected chi connectivity index (χ2v) is 8.80. The van der Waals surface area contributed by atoms with Crippen LogP contribution in [0.2, 0.25) is 0 Å². The summed E-state index contributed by atoms with van der Waals surface area (Å²) in [4.78, 5) is 20.4. The second kappa shape index (κ2) is 8.39. The van der Waals surface area contributed by atoms with Crippen molar-refractivity contribution in [3.63, 3.8) is 0 Å². The summed E-state index contributed by atoms with van der Waals surface area (Å²) in [5.41, 5.74) is 4.93. The highest BCUT2D eigenvalue weighted by atomic mass is 79.9. The summed E-state index contributed by atoms with van der Waals surface area (Å²) in [6.07, 6.45) is 1.91. The van der Waals surface area contributed by atoms with Gasteiger partial charge in [0.05, 0.1) is 16.3 Å². The van der Waals surface area contributed by atoms with E-state index >= 15 is 0 Å². The van der Waals surface area contributed by atoms with E-state index in [9.17, 15) is 4.79 Å². The van der Waals surface area contributed by atoms with Gasteiger partial charge in [0.2, 0.25) is 0 Å². The molecule has 29 heavy (non-hydrogen) atoms. The molecule has 0 aliphatic carbocycles. The van der Waals surface area contributed by atoms with Crippen molar-refractivity contribution in [3.8, 4) is 0 Å². The Hall–Kier alpha value is -2.63. The lowest BCUT2D eigenvalue weighted by Gasteiger charge is -2.16. The van der Waals surface area contributed by atoms with Gasteiger partial charge in [0, 0.05) is 4.47 Å². The molecule has 4 rings (SSSR count). The van der Waals surface area contributed by atoms with Gasteiger partial charge < -0.3 is 0 Å². The predicted octanol–water partition coefficient (Wildman–Crippen LogP) is 6.87. The van der Waals surface area contributed by atoms with Crippen LogP contribution >= 0.6 is 27.7 Å². The number of rotatable bonds is 3. The van der Waals surface area contributed by atoms with Crippen molar-refractivity contribution in [3.05, 3.63) is 98.9 Å². The van der Waals surface area contributed by atoms with Crippen LogP contribution in [0.1, 0.15) is 16.7 Å². The smallest absolute Gasteiger partial charge is 0.268 e. The van der Waals surface area contributed by atoms with Crippen molar-refractivity contribution in [2.45, 2.75) is 13.8 Å². The minimum absolute atomic E-state index is 0.0651. The number of amides is 1. The molecule has 1 amide bonds. The van der Waals surface area contributed by atoms with Crippen LogP contribution in [-0.4, -0.2) is 11.1 Å². The lowest BCUT2D eigenvalue weighted by atomic mass is 10.2. The Bertz CT molecular complexity index is 1120. The average Bonchev–Trinajstić information content (AvgIpc) is 2.99. The van der Waals surface area contributed by atoms with Gasteiger partial charge in [0.1, 0.15) is 0 Å². The second-order valence-electron chi connectivity index (χ2n) is 6.87. The summed E-state index contributed by atoms with van der Waals surface area (Å²) < 4.78 is 0.978. The monoisotopic (exact) mass is 462 g/mol. The van der Waals surface area contributed by atoms with E-state index in [2.05, 4.69) is 15.9 Å². The van der Waals surface area contributed by atoms with Crippen LogP contribution in [0.15, 0.2) is 87.2 Å². The Kier molecular flexibility index (Phi) is 5.69. The quantitative estimate of drug-likeness (QED) is 0.397. The highest BCUT2D eigenvalue weighted by Gasteiger charge is 2.34. The van der Waals surface area contributed by atoms with E-state index in [1.54, 1.807) is 4.90 Å². The molecule has 3 aromatic carbocycles. The van der Waals surface area contributed by atoms with Crippen molar-refractivity contribution in [1.29, 1.82) is 0 Å². The van der Waals surface area contributed by atoms with Crippen molar-refractivity contribution >= 4 is 56.2 Å². The summed E-state index contributed by atoms with van der Waals surface area (Å²) in [5.74, 6) is -0.0651. The standard InChI is InChI=1S/C24H19BrN2OS/c1-16-6-10-20(11-7-16)26-24-27(21-12-8-17(2)9-13-21)23(28)22(29-24)15-18-4-3-5-19(25)14-18/h3-15H,1-2H3. The first-order valence-corrected chi connectivity index (χ1v) is 10.8. The Labute approximate surface area is 183 Å². The fourth-order valence-electron chi connectivity index (χ4n) is 2.95. The average molecular weight is 463 g/mol. The van der Waals surface area contributed by atoms with E-state index in [1.165, 1.54) is 17.3 Å². The lowest BCUT2D eigenvalue weighted by molar-refractivity contribution is -0.113. The lowest BCUT2D eigenvalue weighted by Crippen LogP contribution is -2.28. The highest BCUT2D eigenvalue weighted by Crippen LogP contribution is 2.37. The maximum absolute atomic E-state index is 13.3. The summed E-state index contributed by atoms with van der Waals surface area (Å²) in [5, 5.41) is 0.656. The van der Waals surface area contributed by atoms with Crippen LogP contribution in [0.4, 0.5) is 11.4 Å². The summed E-state index contributed by atoms with van der Waals surface area (Å²) in [6, 6.07) is 23.8. The molecule has 1 heterocycles. The highest BCUT2D eigenvalue weighted by molar-refractivity contribution is 9.10. The maximum Gasteiger partial charge on any atom is 0.271 e. The minimum Gasteiger partial charge on any atom is -0.268 e. The Morgan fingerprint density at radius 3 is 2.24 bits per heavy atom. The van der Waals surface area contributed by atoms with Gasteiger partial charge in [0.25, 0.3) is 5.91 Å². The van der Waals surface area contributed by atoms with Crippen molar-refractivity contribution in [1.82, 2.24) is 0 Å². The van der Waals surface area contributed by atoms with E-state index in [0.29, 0.717) is 10.1 Å². The van der Waals surface area contributed by atoms with Crippen LogP contribution in [-0.2, 0) is 4.79 Å². The number of halogens is 1. The topological polar surface area (TPSA) is 32.7 Å². The van der Waals surface area contributed by atoms with Gasteiger partial charge in [-0.1, -0.05) is 63.5 Å². The molecule has 0 saturated carbocycles. The number of thioether (sulfide) groups is 1. The Balaban J connectivity index is 1.77. The van der Waals surface area contributed by atoms with Crippen molar-refractivity contribution in [2.75, 3.05) is 4.90 Å². The SMILES string of the molecule is Cc1ccc(N=C2SC(=Cc3cccc(Br)c3)C(=O)N2c2ccc(C)cc2)cc1. The normalized spacial score (nSPS) is 16.8. The molecule has 0 atom stereocenters. The summed E-state index contributed by atoms with van der Waals surface area (Å²) in [6.45, 7) is 4.08. The molecule has 144 valence electrons. The third-order valence-corrected chi connectivity index (χ3v) is 5.97. The van der Waals surface area contributed by atoms with E-state index < -0.39 is 0 Å². The molecule has 0 unspecified atom stereocenters. The molecule has 5 heteroatoms. The third kappa shape index (κ3) is 4.52. The molecule has 3 aromatic rings. The van der Waals surface area contributed by atoms with Gasteiger partial charge >= 0.3 is 0 Å². The van der Waals surface area contributed by atoms with Crippen LogP contribution in [0.25, 0.3) is 6.08 Å². The van der Waals surface area contributed by atoms with E-state index in [0.717, 1.165) is 27.0 Å². The summed E-state index contributed by atoms with van der Waals surface area (Å²) >= 11 is 4.89. The number of benzene rings is 3. The van der Waals surface area contributed by atoms with Crippen LogP contribution in [0, 0.1) is 13.8 Å². The molecule has 1 saturated heterocycles. The molecule has 0 spiro atoms. The molecule has 0 radical (unpaired) electrons. The number of anilines is 1. The zero-order chi connectivity index (χ0) is 20.4. The molecule has 0 bridgehead atoms. The molecule has 0 N–H and O–H groups in total. The number of aliphatic imine (C=N–C) groups is 1. The number of aryl methyl sites for hydroxylation is 2. The van der Waals surface area contributed by atoms with Gasteiger partial charge in [-0.25, -0.2) is 4.99 Å². The van der Waals surface area contributed by atoms with Crippen molar-refractivity contribution in [2.24, 2.45) is 4.99 Å². The first-order valence-electron chi connectivity index (χ1n) is 9.21. The fraction of sp³-hybridized carbons (Fsp3) is 0.0833. The predicted molar refractivity (Wildman–Crippen MR) is 127 cm³/mol. The number of nitrogens with zero attached hydrogens (tertiary/aromatic N) is 2. The molecule has 1 aliphatic rings. The van der Waals surface area contributed by atoms with E-state index in [-0.39, 0.29) is 5.91 Å². The van der Waals surface area contributed by atoms with Crippen LogP contribution < -0.4 is 4.90 Å². The van der Waals surface area contributed by atoms with Gasteiger partial charge in [-0.05, 0) is 73.6 Å².